The highest BCUT2D eigenvalue weighted by Gasteiger charge is 2.36. The van der Waals surface area contributed by atoms with Crippen molar-refractivity contribution in [2.75, 3.05) is 6.61 Å². The van der Waals surface area contributed by atoms with Gasteiger partial charge in [0.2, 0.25) is 0 Å². The summed E-state index contributed by atoms with van der Waals surface area (Å²) in [6.07, 6.45) is -4.07. The number of fused-ring (bicyclic) bond motifs is 3. The van der Waals surface area contributed by atoms with Gasteiger partial charge in [0, 0.05) is 5.92 Å². The van der Waals surface area contributed by atoms with Gasteiger partial charge in [-0.05, 0) is 70.7 Å². The summed E-state index contributed by atoms with van der Waals surface area (Å²) in [6, 6.07) is 12.3. The van der Waals surface area contributed by atoms with Gasteiger partial charge < -0.3 is 34.7 Å². The number of carboxylic acid groups (broad SMARTS) is 1. The van der Waals surface area contributed by atoms with E-state index in [4.69, 9.17) is 18.9 Å². The van der Waals surface area contributed by atoms with Gasteiger partial charge in [-0.15, -0.1) is 0 Å². The second kappa shape index (κ2) is 13.8. The molecule has 0 aliphatic heterocycles. The zero-order valence-corrected chi connectivity index (χ0v) is 26.0. The summed E-state index contributed by atoms with van der Waals surface area (Å²) in [6.45, 7) is 10.9. The number of carbonyl (C=O) groups excluding carboxylic acids is 4. The van der Waals surface area contributed by atoms with Crippen molar-refractivity contribution in [3.63, 3.8) is 0 Å². The number of hydrogen-bond acceptors (Lipinski definition) is 9. The SMILES string of the molecule is C[C@@H](OC(=O)[C@H](CC(=O)OC(C)(C)C)NC(=O)OCC1c2ccccc2-c2ccccc21)[C@H](NC(=O)OC(C)(C)C)C(=O)O. The number of carboxylic acids is 1. The normalized spacial score (nSPS) is 14.6. The topological polar surface area (TPSA) is 167 Å². The number of rotatable bonds is 10. The molecule has 2 aromatic rings. The fraction of sp³-hybridized carbons (Fsp3) is 0.469. The number of hydrogen-bond donors (Lipinski definition) is 3. The molecule has 0 radical (unpaired) electrons. The Labute approximate surface area is 256 Å². The molecular weight excluding hydrogens is 572 g/mol. The molecule has 44 heavy (non-hydrogen) atoms. The molecule has 0 heterocycles. The lowest BCUT2D eigenvalue weighted by Gasteiger charge is -2.26. The number of alkyl carbamates (subject to hydrolysis) is 2. The first-order chi connectivity index (χ1) is 20.4. The monoisotopic (exact) mass is 612 g/mol. The lowest BCUT2D eigenvalue weighted by Crippen LogP contribution is -2.52. The fourth-order valence-electron chi connectivity index (χ4n) is 4.67. The first-order valence-corrected chi connectivity index (χ1v) is 14.2. The van der Waals surface area contributed by atoms with Crippen LogP contribution in [0.15, 0.2) is 48.5 Å². The molecule has 0 fully saturated rings. The summed E-state index contributed by atoms with van der Waals surface area (Å²) < 4.78 is 21.2. The molecule has 1 aliphatic rings. The predicted molar refractivity (Wildman–Crippen MR) is 159 cm³/mol. The van der Waals surface area contributed by atoms with Crippen molar-refractivity contribution < 1.29 is 48.0 Å². The molecule has 3 atom stereocenters. The van der Waals surface area contributed by atoms with Crippen molar-refractivity contribution in [2.45, 2.75) is 90.2 Å². The zero-order valence-electron chi connectivity index (χ0n) is 26.0. The van der Waals surface area contributed by atoms with Crippen molar-refractivity contribution in [1.82, 2.24) is 10.6 Å². The second-order valence-corrected chi connectivity index (χ2v) is 12.4. The van der Waals surface area contributed by atoms with E-state index in [9.17, 15) is 29.1 Å². The molecule has 3 N–H and O–H groups in total. The highest BCUT2D eigenvalue weighted by Crippen LogP contribution is 2.44. The average Bonchev–Trinajstić information content (AvgIpc) is 3.21. The third-order valence-electron chi connectivity index (χ3n) is 6.42. The number of aliphatic carboxylic acids is 1. The van der Waals surface area contributed by atoms with Crippen LogP contribution in [0.2, 0.25) is 0 Å². The Morgan fingerprint density at radius 3 is 1.82 bits per heavy atom. The maximum Gasteiger partial charge on any atom is 0.408 e. The maximum absolute atomic E-state index is 13.2. The molecule has 2 amide bonds. The van der Waals surface area contributed by atoms with E-state index in [1.807, 2.05) is 48.5 Å². The van der Waals surface area contributed by atoms with Gasteiger partial charge in [0.1, 0.15) is 30.0 Å². The lowest BCUT2D eigenvalue weighted by atomic mass is 9.98. The molecule has 0 bridgehead atoms. The van der Waals surface area contributed by atoms with E-state index < -0.39 is 65.9 Å². The van der Waals surface area contributed by atoms with Gasteiger partial charge in [-0.1, -0.05) is 48.5 Å². The van der Waals surface area contributed by atoms with Crippen LogP contribution >= 0.6 is 0 Å². The van der Waals surface area contributed by atoms with Gasteiger partial charge in [0.25, 0.3) is 0 Å². The van der Waals surface area contributed by atoms with Crippen LogP contribution in [0.25, 0.3) is 11.1 Å². The van der Waals surface area contributed by atoms with Crippen LogP contribution < -0.4 is 10.6 Å². The Kier molecular flexibility index (Phi) is 10.6. The first-order valence-electron chi connectivity index (χ1n) is 14.2. The van der Waals surface area contributed by atoms with Gasteiger partial charge in [0.05, 0.1) is 6.42 Å². The Bertz CT molecular complexity index is 1350. The Morgan fingerprint density at radius 2 is 1.32 bits per heavy atom. The maximum atomic E-state index is 13.2. The van der Waals surface area contributed by atoms with E-state index >= 15 is 0 Å². The number of benzene rings is 2. The van der Waals surface area contributed by atoms with Gasteiger partial charge >= 0.3 is 30.1 Å². The summed E-state index contributed by atoms with van der Waals surface area (Å²) in [7, 11) is 0. The number of nitrogens with one attached hydrogen (secondary N) is 2. The number of carbonyl (C=O) groups is 5. The highest BCUT2D eigenvalue weighted by atomic mass is 16.6. The summed E-state index contributed by atoms with van der Waals surface area (Å²) in [5.74, 6) is -3.69. The number of ether oxygens (including phenoxy) is 4. The number of esters is 2. The Balaban J connectivity index is 1.72. The minimum atomic E-state index is -1.69. The molecule has 3 rings (SSSR count). The molecule has 0 saturated heterocycles. The van der Waals surface area contributed by atoms with Gasteiger partial charge in [-0.2, -0.15) is 0 Å². The van der Waals surface area contributed by atoms with Crippen molar-refractivity contribution in [1.29, 1.82) is 0 Å². The predicted octanol–water partition coefficient (Wildman–Crippen LogP) is 4.54. The lowest BCUT2D eigenvalue weighted by molar-refractivity contribution is -0.163. The molecule has 0 spiro atoms. The molecule has 0 unspecified atom stereocenters. The molecule has 1 aliphatic carbocycles. The van der Waals surface area contributed by atoms with Crippen molar-refractivity contribution >= 4 is 30.1 Å². The molecule has 0 aromatic heterocycles. The smallest absolute Gasteiger partial charge is 0.408 e. The van der Waals surface area contributed by atoms with E-state index in [-0.39, 0.29) is 12.5 Å². The van der Waals surface area contributed by atoms with Crippen LogP contribution in [0, 0.1) is 0 Å². The van der Waals surface area contributed by atoms with E-state index in [1.54, 1.807) is 41.5 Å². The van der Waals surface area contributed by atoms with Crippen molar-refractivity contribution in [3.8, 4) is 11.1 Å². The van der Waals surface area contributed by atoms with Gasteiger partial charge in [0.15, 0.2) is 6.04 Å². The Hall–Kier alpha value is -4.61. The van der Waals surface area contributed by atoms with Crippen LogP contribution in [0.5, 0.6) is 0 Å². The summed E-state index contributed by atoms with van der Waals surface area (Å²) in [5.41, 5.74) is 2.25. The summed E-state index contributed by atoms with van der Waals surface area (Å²) in [5, 5.41) is 14.2. The fourth-order valence-corrected chi connectivity index (χ4v) is 4.67. The van der Waals surface area contributed by atoms with Crippen LogP contribution in [0.1, 0.15) is 71.9 Å². The minimum Gasteiger partial charge on any atom is -0.480 e. The van der Waals surface area contributed by atoms with Crippen LogP contribution in [0.4, 0.5) is 9.59 Å². The van der Waals surface area contributed by atoms with Crippen molar-refractivity contribution in [3.05, 3.63) is 59.7 Å². The molecule has 12 nitrogen and oxygen atoms in total. The average molecular weight is 613 g/mol. The van der Waals surface area contributed by atoms with E-state index in [0.717, 1.165) is 22.3 Å². The molecule has 2 aromatic carbocycles. The minimum absolute atomic E-state index is 0.0502. The molecular formula is C32H40N2O10. The van der Waals surface area contributed by atoms with E-state index in [1.165, 1.54) is 6.92 Å². The van der Waals surface area contributed by atoms with Gasteiger partial charge in [-0.25, -0.2) is 19.2 Å². The standard InChI is InChI=1S/C32H40N2O10/c1-18(26(27(36)37)34-30(40)44-32(5,6)7)42-28(38)24(16-25(35)43-31(2,3)4)33-29(39)41-17-23-21-14-10-8-12-19(21)20-13-9-11-15-22(20)23/h8-15,18,23-24,26H,16-17H2,1-7H3,(H,33,39)(H,34,40)(H,36,37)/t18-,24+,26+/m1/s1. The Morgan fingerprint density at radius 1 is 0.795 bits per heavy atom. The molecule has 238 valence electrons. The van der Waals surface area contributed by atoms with Crippen molar-refractivity contribution in [2.24, 2.45) is 0 Å². The second-order valence-electron chi connectivity index (χ2n) is 12.4. The van der Waals surface area contributed by atoms with Crippen LogP contribution in [0.3, 0.4) is 0 Å². The quantitative estimate of drug-likeness (QED) is 0.256. The van der Waals surface area contributed by atoms with E-state index in [2.05, 4.69) is 10.6 Å². The number of amides is 2. The summed E-state index contributed by atoms with van der Waals surface area (Å²) in [4.78, 5) is 62.8. The van der Waals surface area contributed by atoms with Crippen LogP contribution in [-0.2, 0) is 33.3 Å². The summed E-state index contributed by atoms with van der Waals surface area (Å²) >= 11 is 0. The third-order valence-corrected chi connectivity index (χ3v) is 6.42. The van der Waals surface area contributed by atoms with Crippen LogP contribution in [-0.4, -0.2) is 71.2 Å². The van der Waals surface area contributed by atoms with E-state index in [0.29, 0.717) is 0 Å². The third kappa shape index (κ3) is 9.45. The highest BCUT2D eigenvalue weighted by molar-refractivity contribution is 5.87. The van der Waals surface area contributed by atoms with Gasteiger partial charge in [-0.3, -0.25) is 4.79 Å². The molecule has 12 heteroatoms. The zero-order chi connectivity index (χ0) is 32.8. The largest absolute Gasteiger partial charge is 0.480 e. The molecule has 0 saturated carbocycles. The first kappa shape index (κ1) is 33.9.